The van der Waals surface area contributed by atoms with Crippen molar-refractivity contribution in [1.29, 1.82) is 0 Å². The molecule has 0 aromatic rings. The van der Waals surface area contributed by atoms with Crippen molar-refractivity contribution in [3.05, 3.63) is 24.8 Å². The smallest absolute Gasteiger partial charge is 0.0718 e. The summed E-state index contributed by atoms with van der Waals surface area (Å²) >= 11 is 0. The van der Waals surface area contributed by atoms with Crippen LogP contribution in [-0.2, 0) is 0 Å². The van der Waals surface area contributed by atoms with E-state index in [-0.39, 0.29) is 12.7 Å². The summed E-state index contributed by atoms with van der Waals surface area (Å²) < 4.78 is 0. The minimum absolute atomic E-state index is 0.274. The molecule has 0 aromatic carbocycles. The molecule has 0 aliphatic carbocycles. The van der Waals surface area contributed by atoms with E-state index in [1.165, 1.54) is 12.8 Å². The first-order valence-corrected chi connectivity index (χ1v) is 6.29. The Bertz CT molecular complexity index is 153. The average molecular weight is 228 g/mol. The summed E-state index contributed by atoms with van der Waals surface area (Å²) in [7, 11) is 0. The third kappa shape index (κ3) is 19.0. The lowest BCUT2D eigenvalue weighted by atomic mass is 10.1. The highest BCUT2D eigenvalue weighted by Crippen LogP contribution is 2.02. The van der Waals surface area contributed by atoms with E-state index in [2.05, 4.69) is 26.5 Å². The largest absolute Gasteiger partial charge is 0.396 e. The standard InChI is InChI=1S/C8H16O.C6H12O/c1-3-5-6-7-8(9)4-2;1-2-3-4-5-6-7/h4,8-9H,2-3,5-7H2,1H3;3-4,7H,2,5-6H2,1H3. The summed E-state index contributed by atoms with van der Waals surface area (Å²) in [5, 5.41) is 17.2. The molecule has 0 saturated heterocycles. The Morgan fingerprint density at radius 2 is 1.88 bits per heavy atom. The molecule has 0 fully saturated rings. The molecule has 2 heteroatoms. The molecule has 0 saturated carbocycles. The fourth-order valence-corrected chi connectivity index (χ4v) is 1.08. The Balaban J connectivity index is 0. The van der Waals surface area contributed by atoms with Gasteiger partial charge < -0.3 is 10.2 Å². The van der Waals surface area contributed by atoms with Gasteiger partial charge in [0.05, 0.1) is 6.10 Å². The number of aliphatic hydroxyl groups excluding tert-OH is 2. The number of unbranched alkanes of at least 4 members (excludes halogenated alkanes) is 2. The van der Waals surface area contributed by atoms with Crippen molar-refractivity contribution in [2.24, 2.45) is 0 Å². The Kier molecular flexibility index (Phi) is 18.7. The first-order valence-electron chi connectivity index (χ1n) is 6.29. The second-order valence-electron chi connectivity index (χ2n) is 3.69. The van der Waals surface area contributed by atoms with Crippen LogP contribution in [0.2, 0.25) is 0 Å². The van der Waals surface area contributed by atoms with Crippen LogP contribution in [0.3, 0.4) is 0 Å². The summed E-state index contributed by atoms with van der Waals surface area (Å²) in [4.78, 5) is 0. The van der Waals surface area contributed by atoms with Gasteiger partial charge in [-0.3, -0.25) is 0 Å². The zero-order valence-electron chi connectivity index (χ0n) is 10.9. The van der Waals surface area contributed by atoms with Crippen molar-refractivity contribution in [3.8, 4) is 0 Å². The summed E-state index contributed by atoms with van der Waals surface area (Å²) in [5.41, 5.74) is 0. The molecule has 0 spiro atoms. The van der Waals surface area contributed by atoms with Gasteiger partial charge in [0.15, 0.2) is 0 Å². The number of aliphatic hydroxyl groups is 2. The number of rotatable bonds is 8. The van der Waals surface area contributed by atoms with Crippen LogP contribution in [0.5, 0.6) is 0 Å². The molecule has 0 rings (SSSR count). The molecular weight excluding hydrogens is 200 g/mol. The van der Waals surface area contributed by atoms with E-state index in [0.29, 0.717) is 0 Å². The van der Waals surface area contributed by atoms with Gasteiger partial charge in [-0.05, 0) is 19.3 Å². The van der Waals surface area contributed by atoms with Crippen LogP contribution in [0.1, 0.15) is 52.4 Å². The fraction of sp³-hybridized carbons (Fsp3) is 0.714. The molecule has 0 bridgehead atoms. The van der Waals surface area contributed by atoms with Gasteiger partial charge in [-0.2, -0.15) is 0 Å². The predicted octanol–water partition coefficient (Wildman–Crippen LogP) is 3.45. The van der Waals surface area contributed by atoms with E-state index in [1.54, 1.807) is 6.08 Å². The highest BCUT2D eigenvalue weighted by molar-refractivity contribution is 4.79. The van der Waals surface area contributed by atoms with E-state index in [9.17, 15) is 0 Å². The summed E-state index contributed by atoms with van der Waals surface area (Å²) in [6, 6.07) is 0. The molecule has 0 amide bonds. The van der Waals surface area contributed by atoms with Crippen molar-refractivity contribution in [1.82, 2.24) is 0 Å². The monoisotopic (exact) mass is 228 g/mol. The highest BCUT2D eigenvalue weighted by atomic mass is 16.3. The van der Waals surface area contributed by atoms with Crippen LogP contribution < -0.4 is 0 Å². The fourth-order valence-electron chi connectivity index (χ4n) is 1.08. The van der Waals surface area contributed by atoms with Crippen molar-refractivity contribution >= 4 is 0 Å². The maximum Gasteiger partial charge on any atom is 0.0718 e. The van der Waals surface area contributed by atoms with Gasteiger partial charge in [0.25, 0.3) is 0 Å². The second-order valence-corrected chi connectivity index (χ2v) is 3.69. The molecule has 0 aliphatic rings. The van der Waals surface area contributed by atoms with Crippen molar-refractivity contribution in [3.63, 3.8) is 0 Å². The zero-order valence-corrected chi connectivity index (χ0v) is 10.9. The van der Waals surface area contributed by atoms with Crippen LogP contribution in [0.4, 0.5) is 0 Å². The van der Waals surface area contributed by atoms with Gasteiger partial charge in [-0.1, -0.05) is 51.3 Å². The molecule has 1 atom stereocenters. The van der Waals surface area contributed by atoms with Crippen LogP contribution >= 0.6 is 0 Å². The maximum atomic E-state index is 8.97. The molecule has 2 nitrogen and oxygen atoms in total. The average Bonchev–Trinajstić information content (AvgIpc) is 2.31. The molecule has 0 heterocycles. The van der Waals surface area contributed by atoms with Crippen molar-refractivity contribution in [2.45, 2.75) is 58.5 Å². The Labute approximate surface area is 101 Å². The Morgan fingerprint density at radius 3 is 2.31 bits per heavy atom. The topological polar surface area (TPSA) is 40.5 Å². The first-order chi connectivity index (χ1) is 7.72. The SMILES string of the molecule is C=CC(O)CCCCC.CCC=CCCO. The Morgan fingerprint density at radius 1 is 1.19 bits per heavy atom. The van der Waals surface area contributed by atoms with Crippen molar-refractivity contribution < 1.29 is 10.2 Å². The third-order valence-corrected chi connectivity index (χ3v) is 2.07. The quantitative estimate of drug-likeness (QED) is 0.493. The molecule has 1 unspecified atom stereocenters. The highest BCUT2D eigenvalue weighted by Gasteiger charge is 1.94. The molecule has 0 radical (unpaired) electrons. The minimum Gasteiger partial charge on any atom is -0.396 e. The lowest BCUT2D eigenvalue weighted by Gasteiger charge is -2.01. The molecule has 16 heavy (non-hydrogen) atoms. The zero-order chi connectivity index (χ0) is 12.6. The molecule has 2 N–H and O–H groups in total. The molecular formula is C14H28O2. The van der Waals surface area contributed by atoms with Gasteiger partial charge >= 0.3 is 0 Å². The summed E-state index contributed by atoms with van der Waals surface area (Å²) in [6.45, 7) is 7.99. The van der Waals surface area contributed by atoms with Crippen LogP contribution in [0.15, 0.2) is 24.8 Å². The summed E-state index contributed by atoms with van der Waals surface area (Å²) in [5.74, 6) is 0. The van der Waals surface area contributed by atoms with Gasteiger partial charge in [0.1, 0.15) is 0 Å². The van der Waals surface area contributed by atoms with E-state index >= 15 is 0 Å². The van der Waals surface area contributed by atoms with Gasteiger partial charge in [0.2, 0.25) is 0 Å². The normalized spacial score (nSPS) is 12.0. The van der Waals surface area contributed by atoms with E-state index < -0.39 is 0 Å². The van der Waals surface area contributed by atoms with Crippen LogP contribution in [0, 0.1) is 0 Å². The predicted molar refractivity (Wildman–Crippen MR) is 71.5 cm³/mol. The maximum absolute atomic E-state index is 8.97. The molecule has 0 aliphatic heterocycles. The summed E-state index contributed by atoms with van der Waals surface area (Å²) in [6.07, 6.45) is 11.6. The number of hydrogen-bond acceptors (Lipinski definition) is 2. The Hall–Kier alpha value is -0.600. The number of allylic oxidation sites excluding steroid dienone is 1. The van der Waals surface area contributed by atoms with Gasteiger partial charge in [-0.15, -0.1) is 6.58 Å². The lowest BCUT2D eigenvalue weighted by Crippen LogP contribution is -1.99. The third-order valence-electron chi connectivity index (χ3n) is 2.07. The molecule has 96 valence electrons. The van der Waals surface area contributed by atoms with Gasteiger partial charge in [-0.25, -0.2) is 0 Å². The van der Waals surface area contributed by atoms with Crippen molar-refractivity contribution in [2.75, 3.05) is 6.61 Å². The first kappa shape index (κ1) is 17.8. The van der Waals surface area contributed by atoms with E-state index in [1.807, 2.05) is 6.08 Å². The van der Waals surface area contributed by atoms with Gasteiger partial charge in [0, 0.05) is 6.61 Å². The van der Waals surface area contributed by atoms with E-state index in [0.717, 1.165) is 25.7 Å². The van der Waals surface area contributed by atoms with Crippen LogP contribution in [0.25, 0.3) is 0 Å². The number of hydrogen-bond donors (Lipinski definition) is 2. The van der Waals surface area contributed by atoms with E-state index in [4.69, 9.17) is 10.2 Å². The molecule has 0 aromatic heterocycles. The second kappa shape index (κ2) is 16.8. The minimum atomic E-state index is -0.281. The van der Waals surface area contributed by atoms with Crippen LogP contribution in [-0.4, -0.2) is 22.9 Å². The lowest BCUT2D eigenvalue weighted by molar-refractivity contribution is 0.208.